The largest absolute Gasteiger partial charge is 0.462 e. The van der Waals surface area contributed by atoms with E-state index in [1.165, 1.54) is 0 Å². The van der Waals surface area contributed by atoms with Gasteiger partial charge >= 0.3 is 11.0 Å². The van der Waals surface area contributed by atoms with Crippen molar-refractivity contribution >= 4 is 45.0 Å². The Bertz CT molecular complexity index is 831. The fraction of sp³-hybridized carbons (Fsp3) is 0.333. The molecular weight excluding hydrogens is 388 g/mol. The van der Waals surface area contributed by atoms with Crippen LogP contribution < -0.4 is 5.32 Å². The number of thiophene rings is 1. The highest BCUT2D eigenvalue weighted by atomic mass is 32.2. The molecule has 9 heteroatoms. The summed E-state index contributed by atoms with van der Waals surface area (Å²) in [6, 6.07) is 8.76. The Balaban J connectivity index is 2.10. The first-order valence-electron chi connectivity index (χ1n) is 8.31. The van der Waals surface area contributed by atoms with Crippen LogP contribution in [0.2, 0.25) is 0 Å². The second-order valence-electron chi connectivity index (χ2n) is 5.84. The highest BCUT2D eigenvalue weighted by molar-refractivity contribution is 7.99. The Hall–Kier alpha value is -2.39. The number of rotatable bonds is 8. The molecule has 0 atom stereocenters. The molecule has 1 aromatic carbocycles. The first kappa shape index (κ1) is 20.9. The molecule has 0 bridgehead atoms. The fourth-order valence-corrected chi connectivity index (χ4v) is 3.95. The monoisotopic (exact) mass is 408 g/mol. The highest BCUT2D eigenvalue weighted by Crippen LogP contribution is 2.34. The first-order valence-corrected chi connectivity index (χ1v) is 10.0. The lowest BCUT2D eigenvalue weighted by Crippen LogP contribution is -2.16. The maximum atomic E-state index is 12.3. The number of carbonyl (C=O) groups is 2. The standard InChI is InChI=1S/C18H20N2O5S2/c1-4-25-18(22)14-10-16(20(23)24)27-17(14)19-15(21)9-12-5-7-13(8-6-12)26-11(2)3/h5-8,10-11H,4,9H2,1-3H3,(H,19,21). The first-order chi connectivity index (χ1) is 12.8. The molecule has 0 saturated carbocycles. The molecule has 27 heavy (non-hydrogen) atoms. The van der Waals surface area contributed by atoms with Gasteiger partial charge in [-0.3, -0.25) is 14.9 Å². The van der Waals surface area contributed by atoms with Gasteiger partial charge in [0.1, 0.15) is 10.6 Å². The van der Waals surface area contributed by atoms with Gasteiger partial charge in [-0.25, -0.2) is 4.79 Å². The summed E-state index contributed by atoms with van der Waals surface area (Å²) >= 11 is 2.46. The zero-order valence-corrected chi connectivity index (χ0v) is 16.8. The number of carbonyl (C=O) groups excluding carboxylic acids is 2. The number of nitrogens with zero attached hydrogens (tertiary/aromatic N) is 1. The Morgan fingerprint density at radius 1 is 1.30 bits per heavy atom. The van der Waals surface area contributed by atoms with Crippen molar-refractivity contribution in [3.8, 4) is 0 Å². The average molecular weight is 409 g/mol. The van der Waals surface area contributed by atoms with Crippen molar-refractivity contribution in [3.05, 3.63) is 51.6 Å². The van der Waals surface area contributed by atoms with Crippen LogP contribution in [0.15, 0.2) is 35.2 Å². The quantitative estimate of drug-likeness (QED) is 0.298. The van der Waals surface area contributed by atoms with Crippen LogP contribution in [0, 0.1) is 10.1 Å². The Kier molecular flexibility index (Phi) is 7.37. The van der Waals surface area contributed by atoms with Crippen LogP contribution in [0.4, 0.5) is 10.0 Å². The predicted molar refractivity (Wildman–Crippen MR) is 107 cm³/mol. The summed E-state index contributed by atoms with van der Waals surface area (Å²) in [5, 5.41) is 13.9. The third kappa shape index (κ3) is 6.07. The van der Waals surface area contributed by atoms with E-state index in [1.807, 2.05) is 24.3 Å². The van der Waals surface area contributed by atoms with E-state index >= 15 is 0 Å². The molecule has 0 fully saturated rings. The molecule has 1 aromatic heterocycles. The van der Waals surface area contributed by atoms with E-state index in [9.17, 15) is 19.7 Å². The Labute approximate surface area is 165 Å². The van der Waals surface area contributed by atoms with Crippen LogP contribution in [0.1, 0.15) is 36.7 Å². The van der Waals surface area contributed by atoms with E-state index in [4.69, 9.17) is 4.74 Å². The molecule has 1 N–H and O–H groups in total. The third-order valence-corrected chi connectivity index (χ3v) is 5.33. The maximum Gasteiger partial charge on any atom is 0.341 e. The summed E-state index contributed by atoms with van der Waals surface area (Å²) in [5.41, 5.74) is 0.801. The van der Waals surface area contributed by atoms with Gasteiger partial charge in [-0.1, -0.05) is 26.0 Å². The van der Waals surface area contributed by atoms with Crippen LogP contribution in [-0.4, -0.2) is 28.7 Å². The molecule has 7 nitrogen and oxygen atoms in total. The van der Waals surface area contributed by atoms with Gasteiger partial charge < -0.3 is 10.1 Å². The molecule has 0 radical (unpaired) electrons. The van der Waals surface area contributed by atoms with E-state index in [0.29, 0.717) is 5.25 Å². The number of nitro groups is 1. The number of ether oxygens (including phenoxy) is 1. The van der Waals surface area contributed by atoms with E-state index in [0.717, 1.165) is 27.9 Å². The molecular formula is C18H20N2O5S2. The lowest BCUT2D eigenvalue weighted by atomic mass is 10.1. The number of hydrogen-bond donors (Lipinski definition) is 1. The average Bonchev–Trinajstić information content (AvgIpc) is 3.00. The topological polar surface area (TPSA) is 98.5 Å². The van der Waals surface area contributed by atoms with E-state index in [2.05, 4.69) is 19.2 Å². The van der Waals surface area contributed by atoms with Crippen LogP contribution in [0.5, 0.6) is 0 Å². The third-order valence-electron chi connectivity index (χ3n) is 3.31. The van der Waals surface area contributed by atoms with Gasteiger partial charge in [-0.15, -0.1) is 11.8 Å². The zero-order valence-electron chi connectivity index (χ0n) is 15.2. The molecule has 2 rings (SSSR count). The smallest absolute Gasteiger partial charge is 0.341 e. The van der Waals surface area contributed by atoms with Crippen LogP contribution >= 0.6 is 23.1 Å². The summed E-state index contributed by atoms with van der Waals surface area (Å²) in [4.78, 5) is 35.8. The molecule has 0 saturated heterocycles. The minimum atomic E-state index is -0.702. The van der Waals surface area contributed by atoms with Crippen molar-refractivity contribution < 1.29 is 19.2 Å². The van der Waals surface area contributed by atoms with Crippen molar-refractivity contribution in [1.29, 1.82) is 0 Å². The minimum Gasteiger partial charge on any atom is -0.462 e. The normalized spacial score (nSPS) is 10.7. The molecule has 0 unspecified atom stereocenters. The van der Waals surface area contributed by atoms with E-state index in [-0.39, 0.29) is 34.5 Å². The number of anilines is 1. The lowest BCUT2D eigenvalue weighted by Gasteiger charge is -2.07. The van der Waals surface area contributed by atoms with Gasteiger partial charge in [0.15, 0.2) is 0 Å². The number of benzene rings is 1. The Morgan fingerprint density at radius 3 is 2.52 bits per heavy atom. The fourth-order valence-electron chi connectivity index (χ4n) is 2.24. The summed E-state index contributed by atoms with van der Waals surface area (Å²) in [5.74, 6) is -1.06. The van der Waals surface area contributed by atoms with Gasteiger partial charge in [0, 0.05) is 16.2 Å². The van der Waals surface area contributed by atoms with Crippen molar-refractivity contribution in [3.63, 3.8) is 0 Å². The maximum absolute atomic E-state index is 12.3. The second-order valence-corrected chi connectivity index (χ2v) is 8.52. The van der Waals surface area contributed by atoms with Gasteiger partial charge in [0.05, 0.1) is 18.0 Å². The summed E-state index contributed by atoms with van der Waals surface area (Å²) in [6.07, 6.45) is 0.0978. The molecule has 0 aliphatic heterocycles. The molecule has 1 heterocycles. The molecule has 2 aromatic rings. The van der Waals surface area contributed by atoms with Crippen molar-refractivity contribution in [2.24, 2.45) is 0 Å². The van der Waals surface area contributed by atoms with Gasteiger partial charge in [-0.05, 0) is 36.0 Å². The molecule has 0 spiro atoms. The van der Waals surface area contributed by atoms with Crippen molar-refractivity contribution in [2.75, 3.05) is 11.9 Å². The van der Waals surface area contributed by atoms with E-state index < -0.39 is 10.9 Å². The number of hydrogen-bond acceptors (Lipinski definition) is 7. The molecule has 0 aliphatic carbocycles. The number of thioether (sulfide) groups is 1. The zero-order chi connectivity index (χ0) is 20.0. The minimum absolute atomic E-state index is 0.00872. The van der Waals surface area contributed by atoms with E-state index in [1.54, 1.807) is 18.7 Å². The molecule has 144 valence electrons. The lowest BCUT2D eigenvalue weighted by molar-refractivity contribution is -0.380. The summed E-state index contributed by atoms with van der Waals surface area (Å²) < 4.78 is 4.90. The van der Waals surface area contributed by atoms with Crippen LogP contribution in [0.3, 0.4) is 0 Å². The van der Waals surface area contributed by atoms with Gasteiger partial charge in [-0.2, -0.15) is 0 Å². The molecule has 1 amide bonds. The summed E-state index contributed by atoms with van der Waals surface area (Å²) in [7, 11) is 0. The van der Waals surface area contributed by atoms with Crippen molar-refractivity contribution in [2.45, 2.75) is 37.3 Å². The Morgan fingerprint density at radius 2 is 1.96 bits per heavy atom. The predicted octanol–water partition coefficient (Wildman–Crippen LogP) is 4.51. The number of nitrogens with one attached hydrogen (secondary N) is 1. The van der Waals surface area contributed by atoms with Crippen molar-refractivity contribution in [1.82, 2.24) is 0 Å². The van der Waals surface area contributed by atoms with Gasteiger partial charge in [0.25, 0.3) is 0 Å². The highest BCUT2D eigenvalue weighted by Gasteiger charge is 2.24. The van der Waals surface area contributed by atoms with Crippen LogP contribution in [-0.2, 0) is 16.0 Å². The van der Waals surface area contributed by atoms with Gasteiger partial charge in [0.2, 0.25) is 5.91 Å². The van der Waals surface area contributed by atoms with Crippen LogP contribution in [0.25, 0.3) is 0 Å². The number of esters is 1. The SMILES string of the molecule is CCOC(=O)c1cc([N+](=O)[O-])sc1NC(=O)Cc1ccc(SC(C)C)cc1. The molecule has 0 aliphatic rings. The summed E-state index contributed by atoms with van der Waals surface area (Å²) in [6.45, 7) is 5.98. The second kappa shape index (κ2) is 9.52. The number of amides is 1.